The van der Waals surface area contributed by atoms with Gasteiger partial charge in [-0.1, -0.05) is 0 Å². The second-order valence-corrected chi connectivity index (χ2v) is 60.0. The minimum atomic E-state index is -4.65. The molecule has 0 fully saturated rings. The number of benzene rings is 2. The van der Waals surface area contributed by atoms with E-state index in [1.165, 1.54) is 63.4 Å². The van der Waals surface area contributed by atoms with Gasteiger partial charge in [-0.25, -0.2) is 0 Å². The van der Waals surface area contributed by atoms with Gasteiger partial charge in [0.1, 0.15) is 0 Å². The van der Waals surface area contributed by atoms with Gasteiger partial charge in [-0.05, 0) is 0 Å². The van der Waals surface area contributed by atoms with E-state index in [9.17, 15) is 0 Å². The molecule has 0 saturated carbocycles. The molecule has 0 N–H and O–H groups in total. The van der Waals surface area contributed by atoms with Crippen molar-refractivity contribution in [1.82, 2.24) is 0 Å². The Bertz CT molecular complexity index is 1130. The molecule has 2 aromatic carbocycles. The molecule has 0 aromatic heterocycles. The first-order valence-corrected chi connectivity index (χ1v) is 34.1. The van der Waals surface area contributed by atoms with Crippen LogP contribution in [0.3, 0.4) is 0 Å². The average molecular weight is 678 g/mol. The Morgan fingerprint density at radius 3 is 1.56 bits per heavy atom. The molecule has 2 aliphatic rings. The number of halogens is 2. The number of hydrogen-bond acceptors (Lipinski definition) is 0. The SMILES string of the molecule is CCCC[SiH]=[Hf]([Cl])([Cl])([CH]1C(CC)=Cc2c(CC)cccc21)[CH]1C(CC)=Cc2c(CC)cccc21. The van der Waals surface area contributed by atoms with Crippen LogP contribution in [-0.4, -0.2) is 6.22 Å². The molecule has 0 spiro atoms. The summed E-state index contributed by atoms with van der Waals surface area (Å²) in [5.74, 6) is 0. The molecule has 2 aromatic rings. The maximum atomic E-state index is 8.38. The molecule has 2 atom stereocenters. The van der Waals surface area contributed by atoms with E-state index >= 15 is 0 Å². The number of unbranched alkanes of at least 4 members (excludes halogenated alkanes) is 1. The van der Waals surface area contributed by atoms with Crippen molar-refractivity contribution in [2.24, 2.45) is 0 Å². The molecule has 2 aliphatic carbocycles. The molecule has 0 saturated heterocycles. The molecule has 0 amide bonds. The molecule has 4 rings (SSSR count). The van der Waals surface area contributed by atoms with Gasteiger partial charge in [0.2, 0.25) is 0 Å². The third-order valence-corrected chi connectivity index (χ3v) is 54.3. The van der Waals surface area contributed by atoms with Crippen molar-refractivity contribution >= 4 is 35.5 Å². The van der Waals surface area contributed by atoms with Crippen LogP contribution in [-0.2, 0) is 27.6 Å². The summed E-state index contributed by atoms with van der Waals surface area (Å²) in [6, 6.07) is 15.0. The van der Waals surface area contributed by atoms with Crippen LogP contribution in [0.5, 0.6) is 0 Å². The number of hydrogen-bond donors (Lipinski definition) is 0. The summed E-state index contributed by atoms with van der Waals surface area (Å²) < 4.78 is 0.491. The van der Waals surface area contributed by atoms with Crippen LogP contribution in [0.25, 0.3) is 12.2 Å². The first kappa shape index (κ1) is 26.6. The average Bonchev–Trinajstić information content (AvgIpc) is 3.43. The Kier molecular flexibility index (Phi) is 8.25. The first-order chi connectivity index (χ1) is 16.3. The molecule has 0 heterocycles. The van der Waals surface area contributed by atoms with E-state index in [-0.39, 0.29) is 13.6 Å². The molecular formula is C30H40Cl2HfSi. The summed E-state index contributed by atoms with van der Waals surface area (Å²) in [6.07, 6.45) is 11.6. The zero-order valence-corrected chi connectivity index (χ0v) is 27.8. The van der Waals surface area contributed by atoms with E-state index < -0.39 is 14.8 Å². The van der Waals surface area contributed by atoms with Crippen LogP contribution in [0.15, 0.2) is 47.5 Å². The number of aryl methyl sites for hydroxylation is 2. The Labute approximate surface area is 216 Å². The summed E-state index contributed by atoms with van der Waals surface area (Å²) in [4.78, 5) is 0. The quantitative estimate of drug-likeness (QED) is 0.183. The predicted octanol–water partition coefficient (Wildman–Crippen LogP) is 9.77. The zero-order chi connectivity index (χ0) is 24.5. The third kappa shape index (κ3) is 4.33. The van der Waals surface area contributed by atoms with Crippen LogP contribution >= 0.6 is 17.2 Å². The van der Waals surface area contributed by atoms with Crippen LogP contribution in [0.4, 0.5) is 0 Å². The zero-order valence-electron chi connectivity index (χ0n) is 21.6. The Hall–Kier alpha value is -0.413. The molecule has 4 heteroatoms. The first-order valence-electron chi connectivity index (χ1n) is 13.4. The van der Waals surface area contributed by atoms with Gasteiger partial charge in [0, 0.05) is 0 Å². The van der Waals surface area contributed by atoms with Gasteiger partial charge < -0.3 is 0 Å². The summed E-state index contributed by atoms with van der Waals surface area (Å²) in [7, 11) is 16.8. The monoisotopic (exact) mass is 678 g/mol. The number of allylic oxidation sites excluding steroid dienone is 2. The standard InChI is InChI=1S/2C13H15.C4H10Si.2ClH.Hf/c2*1-3-10-8-12-7-5-6-11(4-2)13(12)9-10;1-2-3-4-5;;;/h2*5-9H,3-4H2,1-2H3;5H,2-4H2,1H3;2*1H;/q;;;;;+2/p-2. The van der Waals surface area contributed by atoms with Gasteiger partial charge >= 0.3 is 218 Å². The normalized spacial score (nSPS) is 19.5. The van der Waals surface area contributed by atoms with E-state index in [0.717, 1.165) is 25.7 Å². The van der Waals surface area contributed by atoms with Crippen LogP contribution < -0.4 is 0 Å². The van der Waals surface area contributed by atoms with Crippen LogP contribution in [0.1, 0.15) is 101 Å². The molecule has 34 heavy (non-hydrogen) atoms. The summed E-state index contributed by atoms with van der Waals surface area (Å²) >= 11 is -4.65. The number of fused-ring (bicyclic) bond motifs is 2. The fraction of sp³-hybridized carbons (Fsp3) is 0.467. The van der Waals surface area contributed by atoms with E-state index in [1.807, 2.05) is 0 Å². The summed E-state index contributed by atoms with van der Waals surface area (Å²) in [5.41, 5.74) is 11.6. The van der Waals surface area contributed by atoms with Gasteiger partial charge in [0.25, 0.3) is 0 Å². The van der Waals surface area contributed by atoms with Gasteiger partial charge in [-0.2, -0.15) is 0 Å². The van der Waals surface area contributed by atoms with Crippen molar-refractivity contribution in [3.8, 4) is 0 Å². The van der Waals surface area contributed by atoms with E-state index in [0.29, 0.717) is 0 Å². The molecule has 0 radical (unpaired) electrons. The predicted molar refractivity (Wildman–Crippen MR) is 152 cm³/mol. The molecule has 182 valence electrons. The maximum absolute atomic E-state index is 8.38. The van der Waals surface area contributed by atoms with E-state index in [4.69, 9.17) is 17.2 Å². The second kappa shape index (κ2) is 10.5. The van der Waals surface area contributed by atoms with Crippen LogP contribution in [0, 0.1) is 0 Å². The fourth-order valence-corrected chi connectivity index (χ4v) is 56.1. The molecule has 2 unspecified atom stereocenters. The Balaban J connectivity index is 2.03. The van der Waals surface area contributed by atoms with Gasteiger partial charge in [-0.3, -0.25) is 0 Å². The number of rotatable bonds is 9. The Morgan fingerprint density at radius 2 is 1.18 bits per heavy atom. The third-order valence-electron chi connectivity index (χ3n) is 8.26. The van der Waals surface area contributed by atoms with Gasteiger partial charge in [0.15, 0.2) is 0 Å². The fourth-order valence-electron chi connectivity index (χ4n) is 6.57. The van der Waals surface area contributed by atoms with Crippen molar-refractivity contribution in [3.05, 3.63) is 80.9 Å². The van der Waals surface area contributed by atoms with Crippen molar-refractivity contribution in [2.75, 3.05) is 0 Å². The van der Waals surface area contributed by atoms with E-state index in [2.05, 4.69) is 83.2 Å². The van der Waals surface area contributed by atoms with Crippen molar-refractivity contribution in [2.45, 2.75) is 86.5 Å². The van der Waals surface area contributed by atoms with Crippen molar-refractivity contribution in [1.29, 1.82) is 0 Å². The van der Waals surface area contributed by atoms with Gasteiger partial charge in [0.05, 0.1) is 0 Å². The van der Waals surface area contributed by atoms with Crippen molar-refractivity contribution < 1.29 is 14.8 Å². The summed E-state index contributed by atoms with van der Waals surface area (Å²) in [6.45, 7) is 11.4. The topological polar surface area (TPSA) is 0 Å². The second-order valence-electron chi connectivity index (χ2n) is 10.1. The van der Waals surface area contributed by atoms with E-state index in [1.54, 1.807) is 0 Å². The van der Waals surface area contributed by atoms with Crippen molar-refractivity contribution in [3.63, 3.8) is 0 Å². The summed E-state index contributed by atoms with van der Waals surface area (Å²) in [5, 5.41) is 0. The van der Waals surface area contributed by atoms with Gasteiger partial charge in [-0.15, -0.1) is 0 Å². The molecule has 0 nitrogen and oxygen atoms in total. The molecule has 0 aliphatic heterocycles. The Morgan fingerprint density at radius 1 is 0.706 bits per heavy atom. The molecular weight excluding hydrogens is 638 g/mol. The van der Waals surface area contributed by atoms with Crippen LogP contribution in [0.2, 0.25) is 6.04 Å². The minimum absolute atomic E-state index is 0.00118. The molecule has 0 bridgehead atoms.